The van der Waals surface area contributed by atoms with Gasteiger partial charge in [0.25, 0.3) is 0 Å². The highest BCUT2D eigenvalue weighted by molar-refractivity contribution is 14.1. The summed E-state index contributed by atoms with van der Waals surface area (Å²) < 4.78 is 16.6. The van der Waals surface area contributed by atoms with Crippen LogP contribution in [0.4, 0.5) is 4.39 Å². The molecule has 0 saturated carbocycles. The molecule has 0 fully saturated rings. The van der Waals surface area contributed by atoms with Gasteiger partial charge in [-0.1, -0.05) is 26.7 Å². The van der Waals surface area contributed by atoms with E-state index in [-0.39, 0.29) is 11.9 Å². The number of halogens is 3. The van der Waals surface area contributed by atoms with Crippen LogP contribution in [0, 0.1) is 15.3 Å². The van der Waals surface area contributed by atoms with Crippen molar-refractivity contribution in [1.82, 2.24) is 9.55 Å². The lowest BCUT2D eigenvalue weighted by Crippen LogP contribution is -2.09. The number of rotatable bonds is 6. The Morgan fingerprint density at radius 1 is 1.29 bits per heavy atom. The fraction of sp³-hybridized carbons (Fsp3) is 0.562. The van der Waals surface area contributed by atoms with Crippen molar-refractivity contribution in [2.45, 2.75) is 52.0 Å². The van der Waals surface area contributed by atoms with Crippen LogP contribution in [0.2, 0.25) is 0 Å². The van der Waals surface area contributed by atoms with E-state index < -0.39 is 0 Å². The van der Waals surface area contributed by atoms with E-state index in [1.807, 2.05) is 22.6 Å². The Hall–Kier alpha value is -0.360. The van der Waals surface area contributed by atoms with Gasteiger partial charge in [-0.3, -0.25) is 0 Å². The van der Waals surface area contributed by atoms with Gasteiger partial charge in [0.2, 0.25) is 0 Å². The number of aromatic nitrogens is 2. The van der Waals surface area contributed by atoms with Crippen molar-refractivity contribution in [1.29, 1.82) is 0 Å². The first kappa shape index (κ1) is 17.0. The van der Waals surface area contributed by atoms with Crippen molar-refractivity contribution in [2.24, 2.45) is 5.92 Å². The van der Waals surface area contributed by atoms with Crippen LogP contribution in [0.15, 0.2) is 12.1 Å². The van der Waals surface area contributed by atoms with E-state index >= 15 is 0 Å². The maximum Gasteiger partial charge on any atom is 0.138 e. The van der Waals surface area contributed by atoms with Gasteiger partial charge in [0.15, 0.2) is 0 Å². The summed E-state index contributed by atoms with van der Waals surface area (Å²) in [5.74, 6) is 1.69. The number of hydrogen-bond acceptors (Lipinski definition) is 1. The van der Waals surface area contributed by atoms with Crippen LogP contribution < -0.4 is 0 Å². The molecule has 2 aromatic rings. The zero-order valence-corrected chi connectivity index (χ0v) is 15.6. The molecule has 0 radical (unpaired) electrons. The molecule has 2 nitrogen and oxygen atoms in total. The van der Waals surface area contributed by atoms with E-state index in [1.54, 1.807) is 12.1 Å². The Kier molecular flexibility index (Phi) is 5.88. The van der Waals surface area contributed by atoms with Gasteiger partial charge in [0.1, 0.15) is 11.6 Å². The Morgan fingerprint density at radius 3 is 2.62 bits per heavy atom. The summed E-state index contributed by atoms with van der Waals surface area (Å²) in [5, 5.41) is 0. The second kappa shape index (κ2) is 7.27. The Labute approximate surface area is 144 Å². The minimum Gasteiger partial charge on any atom is -0.324 e. The van der Waals surface area contributed by atoms with Crippen molar-refractivity contribution >= 4 is 45.2 Å². The molecule has 2 rings (SSSR count). The second-order valence-electron chi connectivity index (χ2n) is 5.96. The van der Waals surface area contributed by atoms with E-state index in [9.17, 15) is 4.39 Å². The van der Waals surface area contributed by atoms with Crippen molar-refractivity contribution in [3.8, 4) is 0 Å². The highest BCUT2D eigenvalue weighted by Crippen LogP contribution is 2.28. The molecule has 1 atom stereocenters. The quantitative estimate of drug-likeness (QED) is 0.418. The first-order valence-corrected chi connectivity index (χ1v) is 8.97. The summed E-state index contributed by atoms with van der Waals surface area (Å²) >= 11 is 8.03. The van der Waals surface area contributed by atoms with Crippen LogP contribution in [0.1, 0.15) is 51.9 Å². The van der Waals surface area contributed by atoms with E-state index in [0.29, 0.717) is 15.4 Å². The van der Waals surface area contributed by atoms with Crippen LogP contribution in [-0.2, 0) is 5.88 Å². The fourth-order valence-corrected chi connectivity index (χ4v) is 3.32. The maximum absolute atomic E-state index is 13.9. The fourth-order valence-electron chi connectivity index (χ4n) is 2.68. The van der Waals surface area contributed by atoms with Gasteiger partial charge in [-0.2, -0.15) is 0 Å². The summed E-state index contributed by atoms with van der Waals surface area (Å²) in [6, 6.07) is 3.65. The smallest absolute Gasteiger partial charge is 0.138 e. The lowest BCUT2D eigenvalue weighted by atomic mass is 10.0. The lowest BCUT2D eigenvalue weighted by Gasteiger charge is -2.17. The monoisotopic (exact) mass is 422 g/mol. The largest absolute Gasteiger partial charge is 0.324 e. The average molecular weight is 423 g/mol. The van der Waals surface area contributed by atoms with Crippen LogP contribution in [0.3, 0.4) is 0 Å². The molecule has 1 aromatic heterocycles. The van der Waals surface area contributed by atoms with Crippen molar-refractivity contribution < 1.29 is 4.39 Å². The molecule has 0 spiro atoms. The molecule has 0 bridgehead atoms. The lowest BCUT2D eigenvalue weighted by molar-refractivity contribution is 0.447. The first-order valence-electron chi connectivity index (χ1n) is 7.35. The third kappa shape index (κ3) is 3.89. The molecule has 1 unspecified atom stereocenters. The van der Waals surface area contributed by atoms with Crippen LogP contribution in [0.25, 0.3) is 11.0 Å². The SMILES string of the molecule is CC(C)CCCC(C)n1c(CCl)nc2cc(I)c(F)cc21. The van der Waals surface area contributed by atoms with E-state index in [0.717, 1.165) is 29.7 Å². The van der Waals surface area contributed by atoms with Gasteiger partial charge >= 0.3 is 0 Å². The van der Waals surface area contributed by atoms with Crippen molar-refractivity contribution in [2.75, 3.05) is 0 Å². The molecular weight excluding hydrogens is 402 g/mol. The van der Waals surface area contributed by atoms with Crippen molar-refractivity contribution in [3.63, 3.8) is 0 Å². The third-order valence-electron chi connectivity index (χ3n) is 3.77. The van der Waals surface area contributed by atoms with Crippen LogP contribution >= 0.6 is 34.2 Å². The van der Waals surface area contributed by atoms with Crippen molar-refractivity contribution in [3.05, 3.63) is 27.3 Å². The number of hydrogen-bond donors (Lipinski definition) is 0. The summed E-state index contributed by atoms with van der Waals surface area (Å²) in [4.78, 5) is 4.56. The number of alkyl halides is 1. The van der Waals surface area contributed by atoms with Gasteiger partial charge in [-0.25, -0.2) is 9.37 Å². The standard InChI is InChI=1S/C16H21ClFIN2/c1-10(2)5-4-6-11(3)21-15-7-12(18)13(19)8-14(15)20-16(21)9-17/h7-8,10-11H,4-6,9H2,1-3H3. The van der Waals surface area contributed by atoms with Gasteiger partial charge in [-0.15, -0.1) is 11.6 Å². The molecule has 0 amide bonds. The molecule has 0 aliphatic rings. The molecule has 0 aliphatic carbocycles. The number of fused-ring (bicyclic) bond motifs is 1. The number of nitrogens with zero attached hydrogens (tertiary/aromatic N) is 2. The summed E-state index contributed by atoms with van der Waals surface area (Å²) in [6.45, 7) is 6.63. The predicted molar refractivity (Wildman–Crippen MR) is 95.4 cm³/mol. The molecule has 21 heavy (non-hydrogen) atoms. The number of imidazole rings is 1. The topological polar surface area (TPSA) is 17.8 Å². The Balaban J connectivity index is 2.34. The average Bonchev–Trinajstić information content (AvgIpc) is 2.76. The summed E-state index contributed by atoms with van der Waals surface area (Å²) in [7, 11) is 0. The summed E-state index contributed by atoms with van der Waals surface area (Å²) in [5.41, 5.74) is 1.67. The van der Waals surface area contributed by atoms with E-state index in [4.69, 9.17) is 11.6 Å². The normalized spacial score (nSPS) is 13.3. The van der Waals surface area contributed by atoms with Crippen LogP contribution in [-0.4, -0.2) is 9.55 Å². The van der Waals surface area contributed by atoms with Crippen LogP contribution in [0.5, 0.6) is 0 Å². The molecule has 0 saturated heterocycles. The second-order valence-corrected chi connectivity index (χ2v) is 7.39. The maximum atomic E-state index is 13.9. The Morgan fingerprint density at radius 2 is 2.00 bits per heavy atom. The molecule has 1 heterocycles. The van der Waals surface area contributed by atoms with Gasteiger partial charge < -0.3 is 4.57 Å². The summed E-state index contributed by atoms with van der Waals surface area (Å²) in [6.07, 6.45) is 3.42. The van der Waals surface area contributed by atoms with Gasteiger partial charge in [0, 0.05) is 12.1 Å². The first-order chi connectivity index (χ1) is 9.93. The zero-order valence-electron chi connectivity index (χ0n) is 12.7. The van der Waals surface area contributed by atoms with Gasteiger partial charge in [0.05, 0.1) is 20.5 Å². The molecule has 5 heteroatoms. The highest BCUT2D eigenvalue weighted by Gasteiger charge is 2.17. The van der Waals surface area contributed by atoms with Gasteiger partial charge in [-0.05, 0) is 47.9 Å². The van der Waals surface area contributed by atoms with E-state index in [2.05, 4.69) is 30.3 Å². The Bertz CT molecular complexity index is 624. The highest BCUT2D eigenvalue weighted by atomic mass is 127. The number of benzene rings is 1. The molecular formula is C16H21ClFIN2. The minimum absolute atomic E-state index is 0.195. The van der Waals surface area contributed by atoms with E-state index in [1.165, 1.54) is 6.42 Å². The third-order valence-corrected chi connectivity index (χ3v) is 4.83. The molecule has 0 aliphatic heterocycles. The minimum atomic E-state index is -0.195. The zero-order chi connectivity index (χ0) is 15.6. The molecule has 116 valence electrons. The molecule has 0 N–H and O–H groups in total. The predicted octanol–water partition coefficient (Wildman–Crippen LogP) is 5.91. The molecule has 1 aromatic carbocycles.